The molecule has 1 heterocycles. The lowest BCUT2D eigenvalue weighted by atomic mass is 9.92. The van der Waals surface area contributed by atoms with Gasteiger partial charge in [-0.1, -0.05) is 0 Å². The van der Waals surface area contributed by atoms with E-state index in [1.54, 1.807) is 0 Å². The lowest BCUT2D eigenvalue weighted by Crippen LogP contribution is -2.44. The van der Waals surface area contributed by atoms with Crippen molar-refractivity contribution in [2.75, 3.05) is 13.2 Å². The molecule has 2 nitrogen and oxygen atoms in total. The van der Waals surface area contributed by atoms with Gasteiger partial charge < -0.3 is 10.4 Å². The Hall–Kier alpha value is -0.290. The number of aliphatic hydroxyl groups excluding tert-OH is 1. The van der Waals surface area contributed by atoms with Crippen LogP contribution in [0.15, 0.2) is 0 Å². The van der Waals surface area contributed by atoms with Crippen molar-refractivity contribution in [1.29, 1.82) is 0 Å². The van der Waals surface area contributed by atoms with Crippen LogP contribution in [0.5, 0.6) is 0 Å². The van der Waals surface area contributed by atoms with Crippen molar-refractivity contribution < 1.29 is 18.3 Å². The Labute approximate surface area is 68.8 Å². The molecule has 0 aromatic rings. The molecule has 0 aromatic heterocycles. The summed E-state index contributed by atoms with van der Waals surface area (Å²) in [7, 11) is 0. The maximum Gasteiger partial charge on any atom is 0.391 e. The molecule has 72 valence electrons. The van der Waals surface area contributed by atoms with Crippen LogP contribution in [0.4, 0.5) is 13.2 Å². The van der Waals surface area contributed by atoms with Crippen LogP contribution in [-0.2, 0) is 0 Å². The maximum absolute atomic E-state index is 12.1. The molecule has 1 aliphatic rings. The SMILES string of the molecule is OC[C@H]1C[C@H](C(F)(F)F)CCN1. The summed E-state index contributed by atoms with van der Waals surface area (Å²) < 4.78 is 36.4. The van der Waals surface area contributed by atoms with E-state index in [1.165, 1.54) is 0 Å². The minimum Gasteiger partial charge on any atom is -0.395 e. The molecule has 1 aliphatic heterocycles. The van der Waals surface area contributed by atoms with Gasteiger partial charge in [0.05, 0.1) is 12.5 Å². The Bertz CT molecular complexity index is 148. The van der Waals surface area contributed by atoms with Gasteiger partial charge in [0.2, 0.25) is 0 Å². The van der Waals surface area contributed by atoms with Crippen LogP contribution in [0.25, 0.3) is 0 Å². The number of hydrogen-bond acceptors (Lipinski definition) is 2. The average Bonchev–Trinajstić information content (AvgIpc) is 2.03. The van der Waals surface area contributed by atoms with Crippen LogP contribution in [0.2, 0.25) is 0 Å². The number of aliphatic hydroxyl groups is 1. The molecule has 0 aromatic carbocycles. The monoisotopic (exact) mass is 183 g/mol. The van der Waals surface area contributed by atoms with Crippen LogP contribution < -0.4 is 5.32 Å². The molecule has 0 spiro atoms. The van der Waals surface area contributed by atoms with Crippen molar-refractivity contribution in [3.05, 3.63) is 0 Å². The topological polar surface area (TPSA) is 32.3 Å². The number of rotatable bonds is 1. The number of piperidine rings is 1. The highest BCUT2D eigenvalue weighted by atomic mass is 19.4. The second kappa shape index (κ2) is 3.62. The van der Waals surface area contributed by atoms with E-state index in [0.29, 0.717) is 6.54 Å². The van der Waals surface area contributed by atoms with E-state index >= 15 is 0 Å². The second-order valence-corrected chi connectivity index (χ2v) is 3.10. The molecule has 0 bridgehead atoms. The number of nitrogens with one attached hydrogen (secondary N) is 1. The highest BCUT2D eigenvalue weighted by Gasteiger charge is 2.41. The largest absolute Gasteiger partial charge is 0.395 e. The van der Waals surface area contributed by atoms with Crippen LogP contribution in [0.1, 0.15) is 12.8 Å². The Balaban J connectivity index is 2.46. The van der Waals surface area contributed by atoms with Crippen LogP contribution in [0, 0.1) is 5.92 Å². The first kappa shape index (κ1) is 9.80. The van der Waals surface area contributed by atoms with Crippen molar-refractivity contribution in [2.45, 2.75) is 25.1 Å². The first-order valence-electron chi connectivity index (χ1n) is 3.95. The molecule has 2 N–H and O–H groups in total. The Morgan fingerprint density at radius 2 is 2.08 bits per heavy atom. The van der Waals surface area contributed by atoms with Crippen molar-refractivity contribution in [2.24, 2.45) is 5.92 Å². The minimum absolute atomic E-state index is 0. The van der Waals surface area contributed by atoms with Gasteiger partial charge in [0.1, 0.15) is 0 Å². The van der Waals surface area contributed by atoms with Gasteiger partial charge in [-0.3, -0.25) is 0 Å². The molecule has 0 saturated carbocycles. The quantitative estimate of drug-likeness (QED) is 0.633. The minimum atomic E-state index is -4.10. The third-order valence-electron chi connectivity index (χ3n) is 2.18. The van der Waals surface area contributed by atoms with Crippen molar-refractivity contribution in [3.63, 3.8) is 0 Å². The fourth-order valence-corrected chi connectivity index (χ4v) is 1.44. The van der Waals surface area contributed by atoms with Gasteiger partial charge in [0, 0.05) is 6.04 Å². The predicted octanol–water partition coefficient (Wildman–Crippen LogP) is 0.909. The van der Waals surface area contributed by atoms with Crippen molar-refractivity contribution in [3.8, 4) is 0 Å². The molecular formula is C7H12F3NO. The highest BCUT2D eigenvalue weighted by Crippen LogP contribution is 2.33. The third kappa shape index (κ3) is 2.35. The van der Waals surface area contributed by atoms with Gasteiger partial charge in [-0.05, 0) is 19.4 Å². The lowest BCUT2D eigenvalue weighted by Gasteiger charge is -2.30. The molecule has 0 aliphatic carbocycles. The van der Waals surface area contributed by atoms with E-state index < -0.39 is 12.1 Å². The molecule has 0 unspecified atom stereocenters. The number of hydrogen-bond donors (Lipinski definition) is 2. The van der Waals surface area contributed by atoms with Gasteiger partial charge in [-0.15, -0.1) is 0 Å². The Kier molecular flexibility index (Phi) is 2.95. The summed E-state index contributed by atoms with van der Waals surface area (Å²) in [5.41, 5.74) is 0. The fourth-order valence-electron chi connectivity index (χ4n) is 1.44. The summed E-state index contributed by atoms with van der Waals surface area (Å²) in [6.07, 6.45) is -3.98. The molecule has 12 heavy (non-hydrogen) atoms. The van der Waals surface area contributed by atoms with Crippen LogP contribution in [-0.4, -0.2) is 30.5 Å². The zero-order chi connectivity index (χ0) is 9.19. The van der Waals surface area contributed by atoms with Crippen molar-refractivity contribution in [1.82, 2.24) is 5.32 Å². The van der Waals surface area contributed by atoms with E-state index in [4.69, 9.17) is 5.11 Å². The molecule has 2 atom stereocenters. The average molecular weight is 183 g/mol. The van der Waals surface area contributed by atoms with Crippen molar-refractivity contribution >= 4 is 0 Å². The van der Waals surface area contributed by atoms with Gasteiger partial charge in [0.15, 0.2) is 0 Å². The van der Waals surface area contributed by atoms with Crippen LogP contribution in [0.3, 0.4) is 0 Å². The molecular weight excluding hydrogens is 171 g/mol. The standard InChI is InChI=1S/C7H12F3NO/c8-7(9,10)5-1-2-11-6(3-5)4-12/h5-6,11-12H,1-4H2/t5-,6-/m1/s1. The number of alkyl halides is 3. The molecule has 0 amide bonds. The molecule has 5 heteroatoms. The summed E-state index contributed by atoms with van der Waals surface area (Å²) >= 11 is 0. The highest BCUT2D eigenvalue weighted by molar-refractivity contribution is 4.81. The van der Waals surface area contributed by atoms with E-state index in [1.807, 2.05) is 0 Å². The fraction of sp³-hybridized carbons (Fsp3) is 1.00. The van der Waals surface area contributed by atoms with Gasteiger partial charge in [-0.25, -0.2) is 0 Å². The van der Waals surface area contributed by atoms with Gasteiger partial charge in [0.25, 0.3) is 0 Å². The maximum atomic E-state index is 12.1. The predicted molar refractivity (Wildman–Crippen MR) is 37.7 cm³/mol. The first-order chi connectivity index (χ1) is 5.54. The van der Waals surface area contributed by atoms with Gasteiger partial charge in [-0.2, -0.15) is 13.2 Å². The molecule has 1 rings (SSSR count). The smallest absolute Gasteiger partial charge is 0.391 e. The molecule has 0 radical (unpaired) electrons. The van der Waals surface area contributed by atoms with E-state index in [9.17, 15) is 13.2 Å². The Morgan fingerprint density at radius 1 is 1.42 bits per heavy atom. The van der Waals surface area contributed by atoms with E-state index in [-0.39, 0.29) is 25.5 Å². The van der Waals surface area contributed by atoms with E-state index in [2.05, 4.69) is 5.32 Å². The summed E-state index contributed by atoms with van der Waals surface area (Å²) in [4.78, 5) is 0. The first-order valence-corrected chi connectivity index (χ1v) is 3.95. The summed E-state index contributed by atoms with van der Waals surface area (Å²) in [5, 5.41) is 11.5. The van der Waals surface area contributed by atoms with E-state index in [0.717, 1.165) is 0 Å². The molecule has 1 saturated heterocycles. The second-order valence-electron chi connectivity index (χ2n) is 3.10. The summed E-state index contributed by atoms with van der Waals surface area (Å²) in [6, 6.07) is -0.384. The summed E-state index contributed by atoms with van der Waals surface area (Å²) in [5.74, 6) is -1.24. The number of halogens is 3. The Morgan fingerprint density at radius 3 is 2.58 bits per heavy atom. The normalized spacial score (nSPS) is 32.0. The lowest BCUT2D eigenvalue weighted by molar-refractivity contribution is -0.183. The third-order valence-corrected chi connectivity index (χ3v) is 2.18. The zero-order valence-electron chi connectivity index (χ0n) is 6.56. The van der Waals surface area contributed by atoms with Gasteiger partial charge >= 0.3 is 6.18 Å². The van der Waals surface area contributed by atoms with Crippen LogP contribution >= 0.6 is 0 Å². The zero-order valence-corrected chi connectivity index (χ0v) is 6.56. The molecule has 1 fully saturated rings. The summed E-state index contributed by atoms with van der Waals surface area (Å²) in [6.45, 7) is 0.127.